The Hall–Kier alpha value is -2.87. The Morgan fingerprint density at radius 2 is 1.74 bits per heavy atom. The third-order valence-electron chi connectivity index (χ3n) is 5.02. The Balaban J connectivity index is 2.79. The lowest BCUT2D eigenvalue weighted by atomic mass is 10.0. The van der Waals surface area contributed by atoms with Crippen LogP contribution in [-0.4, -0.2) is 81.9 Å². The molecular weight excluding hydrogens is 468 g/mol. The predicted octanol–water partition coefficient (Wildman–Crippen LogP) is -1.30. The summed E-state index contributed by atoms with van der Waals surface area (Å²) in [6.45, 7) is 3.81. The molecule has 6 amide bonds. The number of nitrogens with one attached hydrogen (secondary N) is 3. The number of nitrogens with two attached hydrogens (primary N) is 2. The van der Waals surface area contributed by atoms with Crippen molar-refractivity contribution in [2.24, 2.45) is 17.4 Å². The Morgan fingerprint density at radius 1 is 1.12 bits per heavy atom. The number of nitrogens with zero attached hydrogens (tertiary/aromatic N) is 1. The summed E-state index contributed by atoms with van der Waals surface area (Å²) in [5.41, 5.74) is 10.5. The zero-order chi connectivity index (χ0) is 25.8. The first-order chi connectivity index (χ1) is 16.0. The highest BCUT2D eigenvalue weighted by molar-refractivity contribution is 7.99. The van der Waals surface area contributed by atoms with Gasteiger partial charge in [-0.2, -0.15) is 0 Å². The molecule has 13 nitrogen and oxygen atoms in total. The van der Waals surface area contributed by atoms with Crippen LogP contribution in [0.1, 0.15) is 46.0 Å². The number of aliphatic carboxylic acids is 1. The van der Waals surface area contributed by atoms with Crippen LogP contribution in [-0.2, 0) is 24.0 Å². The normalized spacial score (nSPS) is 16.2. The number of hydrogen-bond acceptors (Lipinski definition) is 8. The van der Waals surface area contributed by atoms with Crippen molar-refractivity contribution in [3.8, 4) is 0 Å². The van der Waals surface area contributed by atoms with Crippen LogP contribution in [0.5, 0.6) is 0 Å². The molecule has 0 aromatic carbocycles. The van der Waals surface area contributed by atoms with Gasteiger partial charge in [0.05, 0.1) is 11.8 Å². The van der Waals surface area contributed by atoms with Crippen LogP contribution in [0.4, 0.5) is 4.79 Å². The number of carbonyl (C=O) groups is 6. The van der Waals surface area contributed by atoms with Gasteiger partial charge in [-0.15, -0.1) is 11.8 Å². The molecule has 3 atom stereocenters. The van der Waals surface area contributed by atoms with Crippen molar-refractivity contribution >= 4 is 47.4 Å². The number of hydrogen-bond donors (Lipinski definition) is 6. The summed E-state index contributed by atoms with van der Waals surface area (Å²) in [5, 5.41) is 16.0. The van der Waals surface area contributed by atoms with E-state index in [0.29, 0.717) is 12.3 Å². The Labute approximate surface area is 202 Å². The van der Waals surface area contributed by atoms with E-state index in [0.717, 1.165) is 4.90 Å². The molecule has 0 saturated carbocycles. The van der Waals surface area contributed by atoms with Crippen LogP contribution in [0, 0.1) is 5.92 Å². The van der Waals surface area contributed by atoms with Gasteiger partial charge in [0.15, 0.2) is 0 Å². The first kappa shape index (κ1) is 29.2. The first-order valence-electron chi connectivity index (χ1n) is 11.0. The van der Waals surface area contributed by atoms with Gasteiger partial charge in [-0.25, -0.2) is 9.59 Å². The highest BCUT2D eigenvalue weighted by Crippen LogP contribution is 2.25. The number of thioether (sulfide) groups is 1. The third kappa shape index (κ3) is 9.55. The molecule has 1 aliphatic rings. The second-order valence-corrected chi connectivity index (χ2v) is 9.38. The van der Waals surface area contributed by atoms with Gasteiger partial charge in [-0.1, -0.05) is 13.8 Å². The van der Waals surface area contributed by atoms with Crippen LogP contribution < -0.4 is 27.4 Å². The molecule has 1 saturated heterocycles. The summed E-state index contributed by atoms with van der Waals surface area (Å²) in [6, 6.07) is -3.00. The summed E-state index contributed by atoms with van der Waals surface area (Å²) in [6.07, 6.45) is 0.249. The molecule has 1 rings (SSSR count). The van der Waals surface area contributed by atoms with E-state index in [4.69, 9.17) is 11.5 Å². The zero-order valence-electron chi connectivity index (χ0n) is 19.4. The molecule has 0 aromatic heterocycles. The lowest BCUT2D eigenvalue weighted by Gasteiger charge is -2.27. The number of urea groups is 1. The summed E-state index contributed by atoms with van der Waals surface area (Å²) < 4.78 is 0. The lowest BCUT2D eigenvalue weighted by Crippen LogP contribution is -2.54. The lowest BCUT2D eigenvalue weighted by molar-refractivity contribution is -0.142. The number of imide groups is 1. The van der Waals surface area contributed by atoms with E-state index in [9.17, 15) is 33.9 Å². The maximum atomic E-state index is 12.8. The van der Waals surface area contributed by atoms with Gasteiger partial charge in [0.25, 0.3) is 0 Å². The highest BCUT2D eigenvalue weighted by Gasteiger charge is 2.37. The SMILES string of the molecule is CC(C)[C@H](NC(=O)CC(SCCN)N1C(=O)CCC1=O)C(=O)N[C@@H](CCCNC(N)=O)C(=O)O. The number of rotatable bonds is 15. The van der Waals surface area contributed by atoms with Gasteiger partial charge >= 0.3 is 12.0 Å². The van der Waals surface area contributed by atoms with Crippen molar-refractivity contribution in [1.29, 1.82) is 0 Å². The Bertz CT molecular complexity index is 763. The highest BCUT2D eigenvalue weighted by atomic mass is 32.2. The van der Waals surface area contributed by atoms with E-state index in [-0.39, 0.29) is 56.4 Å². The maximum absolute atomic E-state index is 12.8. The number of carboxylic acids is 1. The van der Waals surface area contributed by atoms with E-state index < -0.39 is 41.3 Å². The molecule has 0 aliphatic carbocycles. The average Bonchev–Trinajstić information content (AvgIpc) is 3.08. The van der Waals surface area contributed by atoms with Gasteiger partial charge in [-0.05, 0) is 18.8 Å². The molecule has 1 aliphatic heterocycles. The molecule has 192 valence electrons. The van der Waals surface area contributed by atoms with Gasteiger partial charge in [0.1, 0.15) is 12.1 Å². The average molecular weight is 503 g/mol. The standard InChI is InChI=1S/C20H34N6O7S/c1-11(2)17(18(30)24-12(19(31)32)4-3-8-23-20(22)33)25-13(27)10-16(34-9-7-21)26-14(28)5-6-15(26)29/h11-12,16-17H,3-10,21H2,1-2H3,(H,24,30)(H,25,27)(H,31,32)(H3,22,23,33)/t12-,16?,17-/m0/s1. The van der Waals surface area contributed by atoms with Gasteiger partial charge in [0, 0.05) is 31.7 Å². The van der Waals surface area contributed by atoms with E-state index in [1.807, 2.05) is 0 Å². The van der Waals surface area contributed by atoms with Crippen molar-refractivity contribution < 1.29 is 33.9 Å². The zero-order valence-corrected chi connectivity index (χ0v) is 20.2. The monoisotopic (exact) mass is 502 g/mol. The van der Waals surface area contributed by atoms with Crippen molar-refractivity contribution in [3.05, 3.63) is 0 Å². The van der Waals surface area contributed by atoms with Crippen LogP contribution in [0.2, 0.25) is 0 Å². The maximum Gasteiger partial charge on any atom is 0.326 e. The van der Waals surface area contributed by atoms with E-state index in [1.165, 1.54) is 11.8 Å². The second kappa shape index (κ2) is 14.4. The van der Waals surface area contributed by atoms with E-state index in [1.54, 1.807) is 13.8 Å². The Morgan fingerprint density at radius 3 is 2.24 bits per heavy atom. The van der Waals surface area contributed by atoms with Crippen LogP contribution in [0.3, 0.4) is 0 Å². The van der Waals surface area contributed by atoms with Gasteiger partial charge in [0.2, 0.25) is 23.6 Å². The summed E-state index contributed by atoms with van der Waals surface area (Å²) in [7, 11) is 0. The van der Waals surface area contributed by atoms with Gasteiger partial charge < -0.3 is 32.5 Å². The molecule has 0 bridgehead atoms. The van der Waals surface area contributed by atoms with Crippen molar-refractivity contribution in [1.82, 2.24) is 20.9 Å². The number of amides is 6. The second-order valence-electron chi connectivity index (χ2n) is 8.10. The quantitative estimate of drug-likeness (QED) is 0.116. The fraction of sp³-hybridized carbons (Fsp3) is 0.700. The number of primary amides is 1. The predicted molar refractivity (Wildman–Crippen MR) is 124 cm³/mol. The van der Waals surface area contributed by atoms with Crippen LogP contribution >= 0.6 is 11.8 Å². The Kier molecular flexibility index (Phi) is 12.4. The van der Waals surface area contributed by atoms with E-state index >= 15 is 0 Å². The fourth-order valence-electron chi connectivity index (χ4n) is 3.31. The van der Waals surface area contributed by atoms with Gasteiger partial charge in [-0.3, -0.25) is 24.1 Å². The topological polar surface area (TPSA) is 214 Å². The number of carboxylic acid groups (broad SMARTS) is 1. The summed E-state index contributed by atoms with van der Waals surface area (Å²) in [5.74, 6) is -3.17. The molecule has 1 heterocycles. The molecule has 0 spiro atoms. The van der Waals surface area contributed by atoms with Crippen molar-refractivity contribution in [2.75, 3.05) is 18.8 Å². The minimum absolute atomic E-state index is 0.0388. The number of carbonyl (C=O) groups excluding carboxylic acids is 5. The first-order valence-corrected chi connectivity index (χ1v) is 12.0. The fourth-order valence-corrected chi connectivity index (χ4v) is 4.37. The molecular formula is C20H34N6O7S. The van der Waals surface area contributed by atoms with Crippen molar-refractivity contribution in [3.63, 3.8) is 0 Å². The largest absolute Gasteiger partial charge is 0.480 e. The van der Waals surface area contributed by atoms with Crippen LogP contribution in [0.15, 0.2) is 0 Å². The molecule has 34 heavy (non-hydrogen) atoms. The third-order valence-corrected chi connectivity index (χ3v) is 6.25. The summed E-state index contributed by atoms with van der Waals surface area (Å²) in [4.78, 5) is 73.1. The molecule has 0 radical (unpaired) electrons. The van der Waals surface area contributed by atoms with Crippen LogP contribution in [0.25, 0.3) is 0 Å². The smallest absolute Gasteiger partial charge is 0.326 e. The molecule has 1 unspecified atom stereocenters. The molecule has 14 heteroatoms. The summed E-state index contributed by atoms with van der Waals surface area (Å²) >= 11 is 1.21. The van der Waals surface area contributed by atoms with Crippen molar-refractivity contribution in [2.45, 2.75) is 63.4 Å². The minimum atomic E-state index is -1.26. The molecule has 1 fully saturated rings. The number of likely N-dealkylation sites (tertiary alicyclic amines) is 1. The molecule has 0 aromatic rings. The van der Waals surface area contributed by atoms with E-state index in [2.05, 4.69) is 16.0 Å². The molecule has 8 N–H and O–H groups in total. The minimum Gasteiger partial charge on any atom is -0.480 e.